The highest BCUT2D eigenvalue weighted by atomic mass is 35.5. The van der Waals surface area contributed by atoms with Crippen molar-refractivity contribution in [1.29, 1.82) is 0 Å². The molecule has 4 aliphatic carbocycles. The number of hydrogen-bond donors (Lipinski definition) is 2. The van der Waals surface area contributed by atoms with Crippen molar-refractivity contribution >= 4 is 17.3 Å². The van der Waals surface area contributed by atoms with Crippen molar-refractivity contribution in [1.82, 2.24) is 0 Å². The summed E-state index contributed by atoms with van der Waals surface area (Å²) >= 11 is 6.52. The molecule has 0 radical (unpaired) electrons. The number of nitrogens with zero attached hydrogens (tertiary/aromatic N) is 1. The van der Waals surface area contributed by atoms with E-state index >= 15 is 0 Å². The molecule has 0 aromatic rings. The van der Waals surface area contributed by atoms with Crippen molar-refractivity contribution in [2.24, 2.45) is 51.5 Å². The van der Waals surface area contributed by atoms with Crippen LogP contribution in [0, 0.1) is 46.3 Å². The van der Waals surface area contributed by atoms with E-state index in [-0.39, 0.29) is 10.8 Å². The number of fused-ring (bicyclic) bond motifs is 5. The van der Waals surface area contributed by atoms with Crippen LogP contribution in [0.25, 0.3) is 0 Å². The second-order valence-electron chi connectivity index (χ2n) is 12.8. The van der Waals surface area contributed by atoms with Crippen LogP contribution in [0.3, 0.4) is 0 Å². The molecule has 2 N–H and O–H groups in total. The zero-order valence-electron chi connectivity index (χ0n) is 20.5. The average Bonchev–Trinajstić information content (AvgIpc) is 3.05. The van der Waals surface area contributed by atoms with Gasteiger partial charge in [0.25, 0.3) is 0 Å². The van der Waals surface area contributed by atoms with Crippen molar-refractivity contribution in [3.63, 3.8) is 0 Å². The van der Waals surface area contributed by atoms with Gasteiger partial charge in [0, 0.05) is 10.8 Å². The Morgan fingerprint density at radius 3 is 2.45 bits per heavy atom. The number of rotatable bonds is 5. The molecule has 31 heavy (non-hydrogen) atoms. The summed E-state index contributed by atoms with van der Waals surface area (Å²) in [6.07, 6.45) is 12.4. The Bertz CT molecular complexity index is 695. The number of hydrogen-bond acceptors (Lipinski definition) is 3. The number of halogens is 1. The summed E-state index contributed by atoms with van der Waals surface area (Å²) in [7, 11) is 0. The summed E-state index contributed by atoms with van der Waals surface area (Å²) in [4.78, 5) is 0. The minimum absolute atomic E-state index is 0.0252. The standard InChI is InChI=1S/C27H46ClNO2/c1-17(2)7-6-8-18(3)21-9-10-22-20-15-24(29-31)27(30)16-19(28)11-14-26(27,5)23(20)12-13-25(21,22)4/h17-23,30-31H,6-16H2,1-5H3/b29-24+/t18-,19+,20+,21-,22+,23+,25-,26-,27-/m1/s1. The fraction of sp³-hybridized carbons (Fsp3) is 0.963. The van der Waals surface area contributed by atoms with Crippen LogP contribution in [0.2, 0.25) is 0 Å². The second-order valence-corrected chi connectivity index (χ2v) is 13.4. The highest BCUT2D eigenvalue weighted by Crippen LogP contribution is 2.68. The fourth-order valence-corrected chi connectivity index (χ4v) is 9.49. The molecule has 0 spiro atoms. The van der Waals surface area contributed by atoms with Crippen LogP contribution in [-0.2, 0) is 0 Å². The van der Waals surface area contributed by atoms with Gasteiger partial charge in [-0.15, -0.1) is 11.6 Å². The summed E-state index contributed by atoms with van der Waals surface area (Å²) in [6, 6.07) is 0. The quantitative estimate of drug-likeness (QED) is 0.262. The maximum atomic E-state index is 11.8. The molecular weight excluding hydrogens is 406 g/mol. The molecule has 0 unspecified atom stereocenters. The lowest BCUT2D eigenvalue weighted by molar-refractivity contribution is -0.152. The van der Waals surface area contributed by atoms with E-state index in [0.29, 0.717) is 35.3 Å². The molecule has 0 saturated heterocycles. The van der Waals surface area contributed by atoms with Crippen LogP contribution in [0.1, 0.15) is 105 Å². The molecule has 4 fully saturated rings. The summed E-state index contributed by atoms with van der Waals surface area (Å²) < 4.78 is 0. The van der Waals surface area contributed by atoms with E-state index in [0.717, 1.165) is 37.0 Å². The van der Waals surface area contributed by atoms with Gasteiger partial charge in [-0.05, 0) is 92.3 Å². The molecule has 4 saturated carbocycles. The predicted molar refractivity (Wildman–Crippen MR) is 129 cm³/mol. The third kappa shape index (κ3) is 3.69. The molecule has 178 valence electrons. The largest absolute Gasteiger partial charge is 0.411 e. The lowest BCUT2D eigenvalue weighted by atomic mass is 9.42. The van der Waals surface area contributed by atoms with E-state index in [1.165, 1.54) is 44.9 Å². The minimum Gasteiger partial charge on any atom is -0.411 e. The van der Waals surface area contributed by atoms with Crippen LogP contribution >= 0.6 is 11.6 Å². The highest BCUT2D eigenvalue weighted by Gasteiger charge is 2.67. The number of oxime groups is 1. The van der Waals surface area contributed by atoms with Gasteiger partial charge in [0.2, 0.25) is 0 Å². The van der Waals surface area contributed by atoms with Crippen LogP contribution < -0.4 is 0 Å². The van der Waals surface area contributed by atoms with Crippen molar-refractivity contribution in [3.8, 4) is 0 Å². The van der Waals surface area contributed by atoms with Gasteiger partial charge < -0.3 is 10.3 Å². The summed E-state index contributed by atoms with van der Waals surface area (Å²) in [5.41, 5.74) is -0.234. The van der Waals surface area contributed by atoms with Crippen LogP contribution in [0.4, 0.5) is 0 Å². The van der Waals surface area contributed by atoms with Gasteiger partial charge in [-0.25, -0.2) is 0 Å². The maximum absolute atomic E-state index is 11.8. The molecule has 0 aromatic heterocycles. The van der Waals surface area contributed by atoms with Crippen molar-refractivity contribution < 1.29 is 10.3 Å². The Hall–Kier alpha value is -0.280. The van der Waals surface area contributed by atoms with E-state index < -0.39 is 5.60 Å². The summed E-state index contributed by atoms with van der Waals surface area (Å²) in [5, 5.41) is 25.5. The summed E-state index contributed by atoms with van der Waals surface area (Å²) in [5.74, 6) is 4.15. The molecule has 0 bridgehead atoms. The molecule has 9 atom stereocenters. The molecule has 0 heterocycles. The van der Waals surface area contributed by atoms with E-state index in [1.807, 2.05) is 0 Å². The Morgan fingerprint density at radius 1 is 1.03 bits per heavy atom. The van der Waals surface area contributed by atoms with Crippen LogP contribution in [-0.4, -0.2) is 27.0 Å². The predicted octanol–water partition coefficient (Wildman–Crippen LogP) is 7.27. The Balaban J connectivity index is 1.57. The van der Waals surface area contributed by atoms with E-state index in [2.05, 4.69) is 39.8 Å². The van der Waals surface area contributed by atoms with E-state index in [9.17, 15) is 10.3 Å². The molecule has 0 amide bonds. The van der Waals surface area contributed by atoms with E-state index in [1.54, 1.807) is 0 Å². The Morgan fingerprint density at radius 2 is 1.77 bits per heavy atom. The van der Waals surface area contributed by atoms with Gasteiger partial charge in [0.15, 0.2) is 0 Å². The third-order valence-electron chi connectivity index (χ3n) is 10.9. The monoisotopic (exact) mass is 451 g/mol. The maximum Gasteiger partial charge on any atom is 0.113 e. The molecule has 0 aliphatic heterocycles. The van der Waals surface area contributed by atoms with Crippen molar-refractivity contribution in [3.05, 3.63) is 0 Å². The normalized spacial score (nSPS) is 49.5. The lowest BCUT2D eigenvalue weighted by Gasteiger charge is -2.64. The third-order valence-corrected chi connectivity index (χ3v) is 11.3. The molecule has 4 aliphatic rings. The lowest BCUT2D eigenvalue weighted by Crippen LogP contribution is -2.66. The first kappa shape index (κ1) is 23.9. The minimum atomic E-state index is -1.04. The van der Waals surface area contributed by atoms with Crippen molar-refractivity contribution in [2.45, 2.75) is 116 Å². The van der Waals surface area contributed by atoms with Crippen molar-refractivity contribution in [2.75, 3.05) is 0 Å². The first-order chi connectivity index (χ1) is 14.6. The molecule has 3 nitrogen and oxygen atoms in total. The summed E-state index contributed by atoms with van der Waals surface area (Å²) in [6.45, 7) is 12.0. The Labute approximate surface area is 195 Å². The Kier molecular flexibility index (Phi) is 6.54. The zero-order valence-corrected chi connectivity index (χ0v) is 21.3. The number of aliphatic hydroxyl groups is 1. The molecule has 4 rings (SSSR count). The van der Waals surface area contributed by atoms with Gasteiger partial charge in [0.1, 0.15) is 5.60 Å². The molecular formula is C27H46ClNO2. The van der Waals surface area contributed by atoms with Gasteiger partial charge in [-0.1, -0.05) is 59.0 Å². The van der Waals surface area contributed by atoms with Gasteiger partial charge in [0.05, 0.1) is 5.71 Å². The SMILES string of the molecule is CC(C)CCC[C@@H](C)[C@H]1CC[C@H]2[C@@H]3C/C(=N\O)[C@]4(O)C[C@@H](Cl)CC[C@]4(C)[C@H]3CC[C@]12C. The zero-order chi connectivity index (χ0) is 22.6. The second kappa shape index (κ2) is 8.49. The van der Waals surface area contributed by atoms with Gasteiger partial charge >= 0.3 is 0 Å². The molecule has 4 heteroatoms. The van der Waals surface area contributed by atoms with Gasteiger partial charge in [-0.3, -0.25) is 0 Å². The first-order valence-electron chi connectivity index (χ1n) is 13.1. The first-order valence-corrected chi connectivity index (χ1v) is 13.6. The number of alkyl halides is 1. The average molecular weight is 452 g/mol. The van der Waals surface area contributed by atoms with Crippen LogP contribution in [0.5, 0.6) is 0 Å². The highest BCUT2D eigenvalue weighted by molar-refractivity contribution is 6.21. The topological polar surface area (TPSA) is 52.8 Å². The fourth-order valence-electron chi connectivity index (χ4n) is 9.16. The smallest absolute Gasteiger partial charge is 0.113 e. The molecule has 0 aromatic carbocycles. The van der Waals surface area contributed by atoms with Gasteiger partial charge in [-0.2, -0.15) is 0 Å². The van der Waals surface area contributed by atoms with E-state index in [4.69, 9.17) is 11.6 Å². The van der Waals surface area contributed by atoms with Crippen LogP contribution in [0.15, 0.2) is 5.16 Å².